The highest BCUT2D eigenvalue weighted by Crippen LogP contribution is 2.12. The van der Waals surface area contributed by atoms with Crippen molar-refractivity contribution in [3.05, 3.63) is 0 Å². The minimum Gasteiger partial charge on any atom is -0.379 e. The van der Waals surface area contributed by atoms with Gasteiger partial charge < -0.3 is 25.0 Å². The van der Waals surface area contributed by atoms with Gasteiger partial charge in [0.1, 0.15) is 0 Å². The predicted octanol–water partition coefficient (Wildman–Crippen LogP) is 0.936. The molecule has 130 valence electrons. The Hall–Kier alpha value is -0.850. The zero-order valence-electron chi connectivity index (χ0n) is 14.6. The Morgan fingerprint density at radius 2 is 1.95 bits per heavy atom. The van der Waals surface area contributed by atoms with Gasteiger partial charge >= 0.3 is 0 Å². The standard InChI is InChI=1S/C16H34N4O2/c1-4-5-9-21-11-12-22-10-7-18-16(17-2)19-13-15-6-8-20(3)14-15/h15H,4-14H2,1-3H3,(H2,17,18,19). The van der Waals surface area contributed by atoms with Crippen LogP contribution in [0, 0.1) is 5.92 Å². The molecular weight excluding hydrogens is 280 g/mol. The lowest BCUT2D eigenvalue weighted by Crippen LogP contribution is -2.41. The quantitative estimate of drug-likeness (QED) is 0.338. The number of aliphatic imine (C=N–C) groups is 1. The molecule has 0 aliphatic carbocycles. The van der Waals surface area contributed by atoms with Gasteiger partial charge in [0.15, 0.2) is 5.96 Å². The summed E-state index contributed by atoms with van der Waals surface area (Å²) in [5.74, 6) is 1.58. The van der Waals surface area contributed by atoms with E-state index in [0.29, 0.717) is 19.8 Å². The van der Waals surface area contributed by atoms with E-state index < -0.39 is 0 Å². The summed E-state index contributed by atoms with van der Waals surface area (Å²) in [6, 6.07) is 0. The molecular formula is C16H34N4O2. The van der Waals surface area contributed by atoms with E-state index >= 15 is 0 Å². The molecule has 0 amide bonds. The summed E-state index contributed by atoms with van der Waals surface area (Å²) in [6.07, 6.45) is 3.57. The van der Waals surface area contributed by atoms with Gasteiger partial charge in [0.2, 0.25) is 0 Å². The zero-order chi connectivity index (χ0) is 16.0. The number of hydrogen-bond donors (Lipinski definition) is 2. The number of rotatable bonds is 11. The van der Waals surface area contributed by atoms with Gasteiger partial charge in [-0.2, -0.15) is 0 Å². The average Bonchev–Trinajstić information content (AvgIpc) is 2.94. The molecule has 1 rings (SSSR count). The first-order chi connectivity index (χ1) is 10.8. The SMILES string of the molecule is CCCCOCCOCCNC(=NC)NCC1CCN(C)C1. The minimum atomic E-state index is 0.659. The van der Waals surface area contributed by atoms with Crippen LogP contribution in [-0.4, -0.2) is 77.6 Å². The van der Waals surface area contributed by atoms with E-state index in [2.05, 4.69) is 34.5 Å². The molecule has 6 heteroatoms. The van der Waals surface area contributed by atoms with Gasteiger partial charge in [-0.05, 0) is 32.4 Å². The first kappa shape index (κ1) is 19.2. The molecule has 1 saturated heterocycles. The maximum atomic E-state index is 5.52. The molecule has 1 heterocycles. The van der Waals surface area contributed by atoms with Crippen molar-refractivity contribution >= 4 is 5.96 Å². The molecule has 0 aromatic rings. The molecule has 0 saturated carbocycles. The molecule has 2 N–H and O–H groups in total. The molecule has 22 heavy (non-hydrogen) atoms. The molecule has 0 bridgehead atoms. The van der Waals surface area contributed by atoms with E-state index in [1.165, 1.54) is 25.9 Å². The summed E-state index contributed by atoms with van der Waals surface area (Å²) in [4.78, 5) is 6.61. The summed E-state index contributed by atoms with van der Waals surface area (Å²) in [5.41, 5.74) is 0. The second kappa shape index (κ2) is 12.7. The third-order valence-corrected chi connectivity index (χ3v) is 3.82. The van der Waals surface area contributed by atoms with E-state index in [1.54, 1.807) is 7.05 Å². The molecule has 0 spiro atoms. The van der Waals surface area contributed by atoms with Gasteiger partial charge in [0, 0.05) is 33.3 Å². The number of ether oxygens (including phenoxy) is 2. The van der Waals surface area contributed by atoms with Crippen molar-refractivity contribution in [2.75, 3.05) is 66.7 Å². The number of unbranched alkanes of at least 4 members (excludes halogenated alkanes) is 1. The van der Waals surface area contributed by atoms with E-state index in [4.69, 9.17) is 9.47 Å². The Balaban J connectivity index is 1.93. The highest BCUT2D eigenvalue weighted by atomic mass is 16.5. The van der Waals surface area contributed by atoms with Crippen LogP contribution in [-0.2, 0) is 9.47 Å². The van der Waals surface area contributed by atoms with Crippen molar-refractivity contribution in [3.63, 3.8) is 0 Å². The van der Waals surface area contributed by atoms with Crippen LogP contribution in [0.1, 0.15) is 26.2 Å². The predicted molar refractivity (Wildman–Crippen MR) is 91.5 cm³/mol. The number of likely N-dealkylation sites (tertiary alicyclic amines) is 1. The lowest BCUT2D eigenvalue weighted by molar-refractivity contribution is 0.0487. The number of hydrogen-bond acceptors (Lipinski definition) is 4. The molecule has 1 atom stereocenters. The second-order valence-electron chi connectivity index (χ2n) is 5.88. The van der Waals surface area contributed by atoms with E-state index in [0.717, 1.165) is 38.0 Å². The van der Waals surface area contributed by atoms with Gasteiger partial charge in [-0.25, -0.2) is 0 Å². The van der Waals surface area contributed by atoms with Gasteiger partial charge in [-0.15, -0.1) is 0 Å². The Kier molecular flexibility index (Phi) is 11.1. The molecule has 1 fully saturated rings. The van der Waals surface area contributed by atoms with Crippen LogP contribution in [0.2, 0.25) is 0 Å². The topological polar surface area (TPSA) is 58.1 Å². The fourth-order valence-electron chi connectivity index (χ4n) is 2.46. The van der Waals surface area contributed by atoms with Gasteiger partial charge in [-0.3, -0.25) is 4.99 Å². The molecule has 1 aliphatic heterocycles. The normalized spacial score (nSPS) is 19.6. The summed E-state index contributed by atoms with van der Waals surface area (Å²) in [7, 11) is 3.98. The first-order valence-electron chi connectivity index (χ1n) is 8.54. The Bertz CT molecular complexity index is 300. The van der Waals surface area contributed by atoms with Crippen LogP contribution in [0.25, 0.3) is 0 Å². The zero-order valence-corrected chi connectivity index (χ0v) is 14.6. The van der Waals surface area contributed by atoms with Crippen LogP contribution in [0.4, 0.5) is 0 Å². The Morgan fingerprint density at radius 1 is 1.18 bits per heavy atom. The average molecular weight is 314 g/mol. The lowest BCUT2D eigenvalue weighted by atomic mass is 10.1. The van der Waals surface area contributed by atoms with Gasteiger partial charge in [0.25, 0.3) is 0 Å². The Labute approximate surface area is 135 Å². The maximum Gasteiger partial charge on any atom is 0.191 e. The molecule has 0 aromatic carbocycles. The van der Waals surface area contributed by atoms with Crippen LogP contribution in [0.15, 0.2) is 4.99 Å². The smallest absolute Gasteiger partial charge is 0.191 e. The van der Waals surface area contributed by atoms with E-state index in [1.807, 2.05) is 0 Å². The molecule has 0 aromatic heterocycles. The third kappa shape index (κ3) is 9.23. The van der Waals surface area contributed by atoms with Crippen molar-refractivity contribution < 1.29 is 9.47 Å². The van der Waals surface area contributed by atoms with E-state index in [-0.39, 0.29) is 0 Å². The molecule has 6 nitrogen and oxygen atoms in total. The molecule has 1 unspecified atom stereocenters. The molecule has 1 aliphatic rings. The van der Waals surface area contributed by atoms with Crippen LogP contribution < -0.4 is 10.6 Å². The summed E-state index contributed by atoms with van der Waals surface area (Å²) in [5, 5.41) is 6.66. The number of nitrogens with zero attached hydrogens (tertiary/aromatic N) is 2. The highest BCUT2D eigenvalue weighted by Gasteiger charge is 2.19. The van der Waals surface area contributed by atoms with Crippen LogP contribution >= 0.6 is 0 Å². The van der Waals surface area contributed by atoms with Crippen molar-refractivity contribution in [2.45, 2.75) is 26.2 Å². The fourth-order valence-corrected chi connectivity index (χ4v) is 2.46. The maximum absolute atomic E-state index is 5.52. The number of nitrogens with one attached hydrogen (secondary N) is 2. The fraction of sp³-hybridized carbons (Fsp3) is 0.938. The van der Waals surface area contributed by atoms with Crippen molar-refractivity contribution in [1.82, 2.24) is 15.5 Å². The third-order valence-electron chi connectivity index (χ3n) is 3.82. The van der Waals surface area contributed by atoms with Gasteiger partial charge in [0.05, 0.1) is 19.8 Å². The minimum absolute atomic E-state index is 0.659. The summed E-state index contributed by atoms with van der Waals surface area (Å²) < 4.78 is 11.0. The Morgan fingerprint density at radius 3 is 2.59 bits per heavy atom. The highest BCUT2D eigenvalue weighted by molar-refractivity contribution is 5.79. The first-order valence-corrected chi connectivity index (χ1v) is 8.54. The second-order valence-corrected chi connectivity index (χ2v) is 5.88. The lowest BCUT2D eigenvalue weighted by Gasteiger charge is -2.15. The van der Waals surface area contributed by atoms with Crippen molar-refractivity contribution in [2.24, 2.45) is 10.9 Å². The number of guanidine groups is 1. The van der Waals surface area contributed by atoms with E-state index in [9.17, 15) is 0 Å². The van der Waals surface area contributed by atoms with Crippen molar-refractivity contribution in [3.8, 4) is 0 Å². The van der Waals surface area contributed by atoms with Gasteiger partial charge in [-0.1, -0.05) is 13.3 Å². The monoisotopic (exact) mass is 314 g/mol. The van der Waals surface area contributed by atoms with Crippen LogP contribution in [0.3, 0.4) is 0 Å². The van der Waals surface area contributed by atoms with Crippen LogP contribution in [0.5, 0.6) is 0 Å². The largest absolute Gasteiger partial charge is 0.379 e. The molecule has 0 radical (unpaired) electrons. The summed E-state index contributed by atoms with van der Waals surface area (Å²) >= 11 is 0. The summed E-state index contributed by atoms with van der Waals surface area (Å²) in [6.45, 7) is 9.13. The van der Waals surface area contributed by atoms with Crippen molar-refractivity contribution in [1.29, 1.82) is 0 Å².